The van der Waals surface area contributed by atoms with Gasteiger partial charge in [0.1, 0.15) is 16.1 Å². The first kappa shape index (κ1) is 25.1. The first-order chi connectivity index (χ1) is 15.2. The molecule has 1 aromatic heterocycles. The second-order valence-electron chi connectivity index (χ2n) is 7.45. The monoisotopic (exact) mass is 512 g/mol. The number of nitrogens with zero attached hydrogens (tertiary/aromatic N) is 2. The predicted molar refractivity (Wildman–Crippen MR) is 111 cm³/mol. The normalized spacial score (nSPS) is 22.8. The maximum Gasteiger partial charge on any atom is 0.419 e. The molecule has 0 spiro atoms. The summed E-state index contributed by atoms with van der Waals surface area (Å²) in [7, 11) is -2.39. The number of aromatic nitrogens is 1. The number of rotatable bonds is 5. The highest BCUT2D eigenvalue weighted by Crippen LogP contribution is 2.46. The van der Waals surface area contributed by atoms with E-state index in [1.807, 2.05) is 0 Å². The summed E-state index contributed by atoms with van der Waals surface area (Å²) in [5.41, 5.74) is -3.08. The van der Waals surface area contributed by atoms with E-state index in [-0.39, 0.29) is 16.4 Å². The van der Waals surface area contributed by atoms with E-state index in [1.165, 1.54) is 12.3 Å². The average Bonchev–Trinajstić information content (AvgIpc) is 3.13. The number of hydrogen-bond acceptors (Lipinski definition) is 6. The van der Waals surface area contributed by atoms with Gasteiger partial charge in [0, 0.05) is 31.7 Å². The molecule has 1 aromatic carbocycles. The van der Waals surface area contributed by atoms with Crippen LogP contribution in [0.4, 0.5) is 33.3 Å². The molecule has 33 heavy (non-hydrogen) atoms. The molecule has 0 radical (unpaired) electrons. The lowest BCUT2D eigenvalue weighted by Gasteiger charge is -2.30. The third-order valence-corrected chi connectivity index (χ3v) is 6.64. The lowest BCUT2D eigenvalue weighted by molar-refractivity contribution is -0.261. The van der Waals surface area contributed by atoms with E-state index in [0.717, 1.165) is 30.4 Å². The summed E-state index contributed by atoms with van der Waals surface area (Å²) >= 11 is 5.86. The molecule has 1 aliphatic heterocycles. The lowest BCUT2D eigenvalue weighted by atomic mass is 9.99. The molecule has 0 saturated carbocycles. The number of carbonyl (C=O) groups is 1. The van der Waals surface area contributed by atoms with E-state index in [9.17, 15) is 31.0 Å². The number of anilines is 2. The van der Waals surface area contributed by atoms with Gasteiger partial charge in [0.2, 0.25) is 5.91 Å². The topological polar surface area (TPSA) is 95.4 Å². The summed E-state index contributed by atoms with van der Waals surface area (Å²) in [4.78, 5) is 17.7. The van der Waals surface area contributed by atoms with Crippen molar-refractivity contribution in [3.05, 3.63) is 47.1 Å². The van der Waals surface area contributed by atoms with Crippen LogP contribution in [0.2, 0.25) is 5.02 Å². The van der Waals surface area contributed by atoms with Crippen molar-refractivity contribution in [1.29, 1.82) is 4.78 Å². The van der Waals surface area contributed by atoms with E-state index >= 15 is 0 Å². The highest BCUT2D eigenvalue weighted by molar-refractivity contribution is 7.91. The third-order valence-electron chi connectivity index (χ3n) is 5.26. The van der Waals surface area contributed by atoms with Crippen LogP contribution in [-0.2, 0) is 19.3 Å². The van der Waals surface area contributed by atoms with E-state index < -0.39 is 63.1 Å². The number of ether oxygens (including phenoxy) is 1. The van der Waals surface area contributed by atoms with Gasteiger partial charge in [-0.25, -0.2) is 22.8 Å². The number of alkyl halides is 3. The van der Waals surface area contributed by atoms with Crippen LogP contribution in [0.3, 0.4) is 0 Å². The maximum atomic E-state index is 14.0. The Morgan fingerprint density at radius 3 is 2.61 bits per heavy atom. The van der Waals surface area contributed by atoms with Crippen LogP contribution >= 0.6 is 11.6 Å². The molecule has 2 heterocycles. The molecule has 1 saturated heterocycles. The fraction of sp³-hybridized carbons (Fsp3) is 0.368. The highest BCUT2D eigenvalue weighted by Gasteiger charge is 2.63. The largest absolute Gasteiger partial charge is 0.419 e. The Morgan fingerprint density at radius 1 is 1.36 bits per heavy atom. The van der Waals surface area contributed by atoms with Gasteiger partial charge in [0.25, 0.3) is 0 Å². The van der Waals surface area contributed by atoms with Crippen LogP contribution in [0.15, 0.2) is 35.5 Å². The van der Waals surface area contributed by atoms with Crippen molar-refractivity contribution in [2.45, 2.75) is 29.3 Å². The quantitative estimate of drug-likeness (QED) is 0.462. The van der Waals surface area contributed by atoms with Crippen molar-refractivity contribution >= 4 is 38.6 Å². The maximum absolute atomic E-state index is 14.0. The van der Waals surface area contributed by atoms with Crippen LogP contribution in [0.1, 0.15) is 6.42 Å². The summed E-state index contributed by atoms with van der Waals surface area (Å²) in [5, 5.41) is 1.46. The molecule has 2 N–H and O–H groups in total. The molecule has 1 aliphatic rings. The number of methoxy groups -OCH3 is 1. The van der Waals surface area contributed by atoms with E-state index in [4.69, 9.17) is 21.1 Å². The van der Waals surface area contributed by atoms with Gasteiger partial charge >= 0.3 is 6.18 Å². The smallest absolute Gasteiger partial charge is 0.367 e. The molecular formula is C19H18ClF5N4O3S. The van der Waals surface area contributed by atoms with Gasteiger partial charge in [-0.15, -0.1) is 0 Å². The number of hydrogen-bond donors (Lipinski definition) is 2. The van der Waals surface area contributed by atoms with E-state index in [2.05, 4.69) is 10.3 Å². The molecule has 0 bridgehead atoms. The van der Waals surface area contributed by atoms with Gasteiger partial charge in [-0.3, -0.25) is 4.79 Å². The zero-order chi connectivity index (χ0) is 24.8. The van der Waals surface area contributed by atoms with E-state index in [0.29, 0.717) is 6.07 Å². The minimum Gasteiger partial charge on any atom is -0.367 e. The first-order valence-electron chi connectivity index (χ1n) is 9.23. The fourth-order valence-electron chi connectivity index (χ4n) is 3.49. The summed E-state index contributed by atoms with van der Waals surface area (Å²) in [5.74, 6) is -3.72. The second kappa shape index (κ2) is 8.69. The summed E-state index contributed by atoms with van der Waals surface area (Å²) < 4.78 is 93.5. The molecule has 180 valence electrons. The number of halogens is 6. The molecule has 14 heteroatoms. The Kier molecular flexibility index (Phi) is 6.61. The first-order valence-corrected chi connectivity index (χ1v) is 11.6. The lowest BCUT2D eigenvalue weighted by Crippen LogP contribution is -2.49. The Hall–Kier alpha value is -2.51. The number of nitrogens with one attached hydrogen (secondary N) is 2. The number of benzene rings is 1. The summed E-state index contributed by atoms with van der Waals surface area (Å²) in [6, 6.07) is 2.56. The van der Waals surface area contributed by atoms with Gasteiger partial charge in [0.15, 0.2) is 17.2 Å². The predicted octanol–water partition coefficient (Wildman–Crippen LogP) is 4.21. The summed E-state index contributed by atoms with van der Waals surface area (Å²) in [6.45, 7) is -0.910. The number of amides is 1. The van der Waals surface area contributed by atoms with Crippen molar-refractivity contribution < 1.29 is 35.7 Å². The van der Waals surface area contributed by atoms with Crippen molar-refractivity contribution in [1.82, 2.24) is 4.98 Å². The van der Waals surface area contributed by atoms with Crippen LogP contribution < -0.4 is 10.2 Å². The SMILES string of the molecule is CO[C@@]1(C(F)(F)F)C[C@H](C(=O)Nc2ccnc([S@](C)(=N)=O)c2)N(c2ccc(F)c(F)c2Cl)C1. The zero-order valence-corrected chi connectivity index (χ0v) is 18.7. The highest BCUT2D eigenvalue weighted by atomic mass is 35.5. The van der Waals surface area contributed by atoms with Crippen LogP contribution in [0.5, 0.6) is 0 Å². The minimum absolute atomic E-state index is 0.0325. The Bertz CT molecular complexity index is 1190. The molecule has 3 rings (SSSR count). The van der Waals surface area contributed by atoms with Crippen LogP contribution in [0, 0.1) is 16.4 Å². The van der Waals surface area contributed by atoms with Crippen molar-refractivity contribution in [3.8, 4) is 0 Å². The molecule has 7 nitrogen and oxygen atoms in total. The van der Waals surface area contributed by atoms with Crippen molar-refractivity contribution in [3.63, 3.8) is 0 Å². The molecule has 1 amide bonds. The molecule has 2 aromatic rings. The Labute approximate surface area is 190 Å². The Balaban J connectivity index is 2.03. The van der Waals surface area contributed by atoms with Gasteiger partial charge in [-0.2, -0.15) is 13.2 Å². The molecule has 3 atom stereocenters. The minimum atomic E-state index is -4.90. The fourth-order valence-corrected chi connectivity index (χ4v) is 4.37. The van der Waals surface area contributed by atoms with E-state index in [1.54, 1.807) is 0 Å². The number of pyridine rings is 1. The van der Waals surface area contributed by atoms with Crippen LogP contribution in [0.25, 0.3) is 0 Å². The standard InChI is InChI=1S/C19H18ClF5N4O3S/c1-32-18(19(23,24)25)8-13(29(9-18)12-4-3-11(21)16(22)15(12)20)17(30)28-10-5-6-27-14(7-10)33(2,26)31/h3-7,13,26H,8-9H2,1-2H3,(H,27,28,30)/t13-,18+,33-/m1/s1. The Morgan fingerprint density at radius 2 is 2.03 bits per heavy atom. The second-order valence-corrected chi connectivity index (χ2v) is 9.94. The summed E-state index contributed by atoms with van der Waals surface area (Å²) in [6.07, 6.45) is -3.48. The molecule has 0 aliphatic carbocycles. The molecule has 1 fully saturated rings. The average molecular weight is 513 g/mol. The van der Waals surface area contributed by atoms with Gasteiger partial charge in [0.05, 0.1) is 22.0 Å². The van der Waals surface area contributed by atoms with Crippen LogP contribution in [-0.4, -0.2) is 52.8 Å². The molecular weight excluding hydrogens is 495 g/mol. The van der Waals surface area contributed by atoms with Crippen molar-refractivity contribution in [2.75, 3.05) is 30.1 Å². The third kappa shape index (κ3) is 4.75. The van der Waals surface area contributed by atoms with Gasteiger partial charge in [-0.1, -0.05) is 11.6 Å². The van der Waals surface area contributed by atoms with Gasteiger partial charge < -0.3 is 15.0 Å². The number of carbonyl (C=O) groups excluding carboxylic acids is 1. The zero-order valence-electron chi connectivity index (χ0n) is 17.2. The van der Waals surface area contributed by atoms with Gasteiger partial charge in [-0.05, 0) is 24.3 Å². The molecule has 0 unspecified atom stereocenters. The van der Waals surface area contributed by atoms with Crippen molar-refractivity contribution in [2.24, 2.45) is 0 Å².